The van der Waals surface area contributed by atoms with Crippen molar-refractivity contribution in [3.8, 4) is 22.5 Å². The van der Waals surface area contributed by atoms with Crippen molar-refractivity contribution in [2.45, 2.75) is 65.5 Å². The average molecular weight is 746 g/mol. The molecule has 7 rings (SSSR count). The number of hydrogen-bond acceptors (Lipinski definition) is 11. The number of imidazole rings is 2. The van der Waals surface area contributed by atoms with E-state index < -0.39 is 11.8 Å². The highest BCUT2D eigenvalue weighted by Gasteiger charge is 2.20. The van der Waals surface area contributed by atoms with Gasteiger partial charge in [0, 0.05) is 32.0 Å². The van der Waals surface area contributed by atoms with Crippen LogP contribution in [0.2, 0.25) is 0 Å². The predicted octanol–water partition coefficient (Wildman–Crippen LogP) is 8.19. The normalized spacial score (nSPS) is 11.7. The fraction of sp³-hybridized carbons (Fsp3) is 0.286. The summed E-state index contributed by atoms with van der Waals surface area (Å²) in [4.78, 5) is 39.9. The van der Waals surface area contributed by atoms with E-state index in [4.69, 9.17) is 34.0 Å². The van der Waals surface area contributed by atoms with Crippen molar-refractivity contribution in [1.29, 1.82) is 0 Å². The molecule has 13 nitrogen and oxygen atoms in total. The molecule has 13 heteroatoms. The lowest BCUT2D eigenvalue weighted by Gasteiger charge is -2.13. The molecule has 3 aromatic heterocycles. The van der Waals surface area contributed by atoms with Crippen LogP contribution < -0.4 is 5.82 Å². The third-order valence-corrected chi connectivity index (χ3v) is 9.71. The molecule has 284 valence electrons. The zero-order valence-electron chi connectivity index (χ0n) is 31.0. The zero-order chi connectivity index (χ0) is 38.5. The third-order valence-electron chi connectivity index (χ3n) is 9.71. The molecule has 0 saturated heterocycles. The van der Waals surface area contributed by atoms with Gasteiger partial charge in [0.05, 0.1) is 39.6 Å². The van der Waals surface area contributed by atoms with Crippen LogP contribution in [0, 0.1) is 6.92 Å². The Labute approximate surface area is 316 Å². The number of benzene rings is 4. The van der Waals surface area contributed by atoms with E-state index in [-0.39, 0.29) is 24.4 Å². The molecule has 0 spiro atoms. The molecule has 0 amide bonds. The molecule has 0 unspecified atom stereocenters. The van der Waals surface area contributed by atoms with Gasteiger partial charge in [-0.2, -0.15) is 0 Å². The van der Waals surface area contributed by atoms with E-state index in [2.05, 4.69) is 65.2 Å². The number of aromatic nitrogens is 4. The van der Waals surface area contributed by atoms with Crippen LogP contribution in [-0.2, 0) is 42.6 Å². The molecule has 0 bridgehead atoms. The highest BCUT2D eigenvalue weighted by Crippen LogP contribution is 2.31. The summed E-state index contributed by atoms with van der Waals surface area (Å²) in [5.41, 5.74) is 9.26. The second kappa shape index (κ2) is 16.7. The molecule has 7 aromatic rings. The average Bonchev–Trinajstić information content (AvgIpc) is 3.84. The van der Waals surface area contributed by atoms with Crippen molar-refractivity contribution < 1.29 is 33.6 Å². The van der Waals surface area contributed by atoms with Crippen LogP contribution >= 0.6 is 0 Å². The molecule has 0 aliphatic carbocycles. The van der Waals surface area contributed by atoms with Crippen molar-refractivity contribution >= 4 is 28.0 Å². The van der Waals surface area contributed by atoms with Crippen LogP contribution in [0.15, 0.2) is 98.6 Å². The van der Waals surface area contributed by atoms with E-state index in [1.807, 2.05) is 42.5 Å². The number of carbonyl (C=O) groups is 1. The number of rotatable bonds is 16. The lowest BCUT2D eigenvalue weighted by atomic mass is 9.98. The number of fused-ring (bicyclic) bond motifs is 2. The summed E-state index contributed by atoms with van der Waals surface area (Å²) >= 11 is 0. The predicted molar refractivity (Wildman–Crippen MR) is 204 cm³/mol. The number of para-hydroxylation sites is 2. The van der Waals surface area contributed by atoms with Crippen molar-refractivity contribution in [2.24, 2.45) is 7.05 Å². The molecule has 2 N–H and O–H groups in total. The Morgan fingerprint density at radius 2 is 1.62 bits per heavy atom. The van der Waals surface area contributed by atoms with Gasteiger partial charge in [-0.1, -0.05) is 67.9 Å². The lowest BCUT2D eigenvalue weighted by Crippen LogP contribution is -2.14. The third kappa shape index (κ3) is 8.30. The number of aryl methyl sites for hydroxylation is 4. The van der Waals surface area contributed by atoms with E-state index >= 15 is 0 Å². The molecular formula is C42H43N5O8. The molecule has 0 saturated carbocycles. The first-order valence-electron chi connectivity index (χ1n) is 18.4. The summed E-state index contributed by atoms with van der Waals surface area (Å²) in [5, 5.41) is 16.9. The van der Waals surface area contributed by atoms with Crippen molar-refractivity contribution in [3.63, 3.8) is 0 Å². The van der Waals surface area contributed by atoms with Gasteiger partial charge in [-0.3, -0.25) is 15.3 Å². The van der Waals surface area contributed by atoms with E-state index in [9.17, 15) is 9.59 Å². The summed E-state index contributed by atoms with van der Waals surface area (Å²) in [6, 6.07) is 27.9. The van der Waals surface area contributed by atoms with Gasteiger partial charge in [0.2, 0.25) is 0 Å². The van der Waals surface area contributed by atoms with Gasteiger partial charge in [0.15, 0.2) is 18.1 Å². The molecule has 0 fully saturated rings. The Bertz CT molecular complexity index is 2490. The summed E-state index contributed by atoms with van der Waals surface area (Å²) in [6.07, 6.45) is 4.01. The van der Waals surface area contributed by atoms with Gasteiger partial charge in [0.1, 0.15) is 11.6 Å². The SMILES string of the molecule is CCCc1nc2c(C)cc(-c3nc4ccccc4n3C)cc2n1Cc1ccc(-c2ccccc2C(=O)OCc2oc(=O)oc2CCCCCON(O)O)cc1. The zero-order valence-corrected chi connectivity index (χ0v) is 31.0. The largest absolute Gasteiger partial charge is 0.519 e. The highest BCUT2D eigenvalue weighted by atomic mass is 17.1. The Hall–Kier alpha value is -5.86. The number of ether oxygens (including phenoxy) is 1. The summed E-state index contributed by atoms with van der Waals surface area (Å²) in [6.45, 7) is 4.74. The molecule has 0 atom stereocenters. The number of hydrogen-bond donors (Lipinski definition) is 2. The van der Waals surface area contributed by atoms with Gasteiger partial charge < -0.3 is 22.7 Å². The van der Waals surface area contributed by atoms with Crippen molar-refractivity contribution in [2.75, 3.05) is 6.61 Å². The van der Waals surface area contributed by atoms with E-state index in [0.29, 0.717) is 49.1 Å². The quantitative estimate of drug-likeness (QED) is 0.0558. The Morgan fingerprint density at radius 3 is 2.40 bits per heavy atom. The lowest BCUT2D eigenvalue weighted by molar-refractivity contribution is -0.492. The smallest absolute Gasteiger partial charge is 0.454 e. The first-order chi connectivity index (χ1) is 26.7. The van der Waals surface area contributed by atoms with E-state index in [0.717, 1.165) is 68.8 Å². The first kappa shape index (κ1) is 37.5. The first-order valence-corrected chi connectivity index (χ1v) is 18.4. The van der Waals surface area contributed by atoms with Gasteiger partial charge in [0.25, 0.3) is 0 Å². The summed E-state index contributed by atoms with van der Waals surface area (Å²) in [7, 11) is 2.05. The summed E-state index contributed by atoms with van der Waals surface area (Å²) in [5.74, 6) is 0.958. The van der Waals surface area contributed by atoms with Crippen LogP contribution in [0.5, 0.6) is 0 Å². The molecule has 3 heterocycles. The molecule has 0 aliphatic heterocycles. The minimum Gasteiger partial charge on any atom is -0.454 e. The minimum atomic E-state index is -0.871. The molecule has 55 heavy (non-hydrogen) atoms. The van der Waals surface area contributed by atoms with Crippen LogP contribution in [0.25, 0.3) is 44.6 Å². The van der Waals surface area contributed by atoms with Gasteiger partial charge in [-0.15, -0.1) is 0 Å². The van der Waals surface area contributed by atoms with E-state index in [1.165, 1.54) is 0 Å². The standard InChI is InChI=1S/C42H43N5O8/c1-4-12-38-44-39-27(2)23-30(40-43-33-15-9-10-16-34(33)45(40)3)24-35(39)46(38)25-28-18-20-29(21-19-28)31-13-7-8-14-32(31)41(48)52-26-37-36(54-42(49)55-37)17-6-5-11-22-53-47(50)51/h7-10,13-16,18-21,23-24,50-51H,4-6,11-12,17,22,25-26H2,1-3H3. The topological polar surface area (TPSA) is 158 Å². The maximum absolute atomic E-state index is 13.4. The van der Waals surface area contributed by atoms with E-state index in [1.54, 1.807) is 12.1 Å². The van der Waals surface area contributed by atoms with Gasteiger partial charge >= 0.3 is 11.8 Å². The number of carbonyl (C=O) groups excluding carboxylic acids is 1. The molecule has 0 radical (unpaired) electrons. The van der Waals surface area contributed by atoms with Gasteiger partial charge in [-0.25, -0.2) is 19.6 Å². The van der Waals surface area contributed by atoms with Crippen LogP contribution in [0.3, 0.4) is 0 Å². The molecular weight excluding hydrogens is 702 g/mol. The molecule has 0 aliphatic rings. The number of nitrogens with zero attached hydrogens (tertiary/aromatic N) is 5. The second-order valence-corrected chi connectivity index (χ2v) is 13.5. The maximum atomic E-state index is 13.4. The highest BCUT2D eigenvalue weighted by molar-refractivity contribution is 5.97. The summed E-state index contributed by atoms with van der Waals surface area (Å²) < 4.78 is 20.4. The van der Waals surface area contributed by atoms with Crippen LogP contribution in [0.4, 0.5) is 0 Å². The second-order valence-electron chi connectivity index (χ2n) is 13.5. The number of unbranched alkanes of at least 4 members (excludes halogenated alkanes) is 2. The van der Waals surface area contributed by atoms with Crippen LogP contribution in [0.1, 0.15) is 71.4 Å². The number of esters is 1. The Balaban J connectivity index is 1.08. The fourth-order valence-corrected chi connectivity index (χ4v) is 7.01. The Morgan fingerprint density at radius 1 is 0.855 bits per heavy atom. The minimum absolute atomic E-state index is 0.113. The van der Waals surface area contributed by atoms with Crippen molar-refractivity contribution in [3.05, 3.63) is 130 Å². The van der Waals surface area contributed by atoms with Crippen LogP contribution in [-0.4, -0.2) is 47.5 Å². The van der Waals surface area contributed by atoms with Crippen molar-refractivity contribution in [1.82, 2.24) is 24.5 Å². The van der Waals surface area contributed by atoms with Gasteiger partial charge in [-0.05, 0) is 78.8 Å². The Kier molecular flexibility index (Phi) is 11.3. The molecule has 4 aromatic carbocycles. The maximum Gasteiger partial charge on any atom is 0.519 e. The fourth-order valence-electron chi connectivity index (χ4n) is 7.01. The monoisotopic (exact) mass is 745 g/mol.